The number of carbonyl (C=O) groups is 1. The van der Waals surface area contributed by atoms with E-state index in [0.29, 0.717) is 0 Å². The fourth-order valence-electron chi connectivity index (χ4n) is 3.18. The number of hydrogen-bond donors (Lipinski definition) is 0. The van der Waals surface area contributed by atoms with E-state index in [1.807, 2.05) is 42.2 Å². The Hall–Kier alpha value is -2.53. The molecule has 0 bridgehead atoms. The van der Waals surface area contributed by atoms with Crippen molar-refractivity contribution in [1.82, 2.24) is 9.80 Å². The number of hydrogen-bond acceptors (Lipinski definition) is 4. The van der Waals surface area contributed by atoms with Gasteiger partial charge in [0.2, 0.25) is 0 Å². The molecule has 0 spiro atoms. The summed E-state index contributed by atoms with van der Waals surface area (Å²) in [7, 11) is 1.68. The largest absolute Gasteiger partial charge is 0.497 e. The van der Waals surface area contributed by atoms with Crippen molar-refractivity contribution >= 4 is 5.91 Å². The van der Waals surface area contributed by atoms with Crippen LogP contribution in [0.3, 0.4) is 0 Å². The molecule has 2 aromatic carbocycles. The molecule has 144 valence electrons. The van der Waals surface area contributed by atoms with Crippen LogP contribution in [0.15, 0.2) is 42.5 Å². The molecule has 0 unspecified atom stereocenters. The number of rotatable bonds is 6. The first-order chi connectivity index (χ1) is 13.0. The Morgan fingerprint density at radius 1 is 0.926 bits per heavy atom. The zero-order valence-corrected chi connectivity index (χ0v) is 16.4. The molecule has 1 saturated heterocycles. The summed E-state index contributed by atoms with van der Waals surface area (Å²) in [6.07, 6.45) is 0. The van der Waals surface area contributed by atoms with Gasteiger partial charge in [-0.25, -0.2) is 0 Å². The zero-order valence-electron chi connectivity index (χ0n) is 16.4. The van der Waals surface area contributed by atoms with E-state index >= 15 is 0 Å². The minimum Gasteiger partial charge on any atom is -0.497 e. The van der Waals surface area contributed by atoms with Gasteiger partial charge in [0.05, 0.1) is 7.11 Å². The van der Waals surface area contributed by atoms with Crippen molar-refractivity contribution in [3.05, 3.63) is 59.2 Å². The second kappa shape index (κ2) is 8.91. The number of piperazine rings is 1. The average molecular weight is 368 g/mol. The Morgan fingerprint density at radius 2 is 1.59 bits per heavy atom. The molecule has 5 nitrogen and oxygen atoms in total. The third-order valence-corrected chi connectivity index (χ3v) is 5.13. The lowest BCUT2D eigenvalue weighted by Crippen LogP contribution is -2.49. The molecular weight excluding hydrogens is 340 g/mol. The molecule has 0 aromatic heterocycles. The van der Waals surface area contributed by atoms with Crippen molar-refractivity contribution in [2.45, 2.75) is 20.4 Å². The number of methoxy groups -OCH3 is 1. The highest BCUT2D eigenvalue weighted by Crippen LogP contribution is 2.17. The Morgan fingerprint density at radius 3 is 2.22 bits per heavy atom. The number of aryl methyl sites for hydroxylation is 2. The summed E-state index contributed by atoms with van der Waals surface area (Å²) in [5, 5.41) is 0. The first-order valence-electron chi connectivity index (χ1n) is 9.38. The highest BCUT2D eigenvalue weighted by atomic mass is 16.5. The normalized spacial score (nSPS) is 14.9. The number of amides is 1. The molecule has 5 heteroatoms. The van der Waals surface area contributed by atoms with Crippen molar-refractivity contribution in [3.63, 3.8) is 0 Å². The molecule has 1 amide bonds. The van der Waals surface area contributed by atoms with E-state index in [-0.39, 0.29) is 12.5 Å². The second-order valence-electron chi connectivity index (χ2n) is 7.04. The molecule has 1 aliphatic heterocycles. The van der Waals surface area contributed by atoms with Crippen LogP contribution in [0.5, 0.6) is 11.5 Å². The first kappa shape index (κ1) is 19.2. The van der Waals surface area contributed by atoms with Crippen molar-refractivity contribution in [2.24, 2.45) is 0 Å². The van der Waals surface area contributed by atoms with E-state index in [1.165, 1.54) is 16.7 Å². The van der Waals surface area contributed by atoms with Crippen LogP contribution in [0.4, 0.5) is 0 Å². The summed E-state index contributed by atoms with van der Waals surface area (Å²) >= 11 is 0. The number of carbonyl (C=O) groups excluding carboxylic acids is 1. The summed E-state index contributed by atoms with van der Waals surface area (Å²) in [6, 6.07) is 14.1. The molecule has 2 aromatic rings. The van der Waals surface area contributed by atoms with Gasteiger partial charge in [0.1, 0.15) is 11.5 Å². The Labute approximate surface area is 161 Å². The highest BCUT2D eigenvalue weighted by molar-refractivity contribution is 5.77. The SMILES string of the molecule is COc1ccc(CN2CCN(C(=O)COc3ccc(C)c(C)c3)CC2)cc1. The first-order valence-corrected chi connectivity index (χ1v) is 9.38. The van der Waals surface area contributed by atoms with Crippen molar-refractivity contribution in [1.29, 1.82) is 0 Å². The van der Waals surface area contributed by atoms with Gasteiger partial charge in [-0.1, -0.05) is 18.2 Å². The maximum absolute atomic E-state index is 12.4. The fraction of sp³-hybridized carbons (Fsp3) is 0.409. The van der Waals surface area contributed by atoms with Gasteiger partial charge in [0.25, 0.3) is 5.91 Å². The average Bonchev–Trinajstić information content (AvgIpc) is 2.70. The Balaban J connectivity index is 1.43. The van der Waals surface area contributed by atoms with Crippen LogP contribution in [-0.4, -0.2) is 55.6 Å². The molecule has 0 N–H and O–H groups in total. The van der Waals surface area contributed by atoms with Crippen LogP contribution in [0, 0.1) is 13.8 Å². The molecular formula is C22H28N2O3. The summed E-state index contributed by atoms with van der Waals surface area (Å²) in [5.74, 6) is 1.68. The molecule has 3 rings (SSSR count). The predicted molar refractivity (Wildman–Crippen MR) is 106 cm³/mol. The second-order valence-corrected chi connectivity index (χ2v) is 7.04. The van der Waals surface area contributed by atoms with Gasteiger partial charge in [-0.15, -0.1) is 0 Å². The number of benzene rings is 2. The molecule has 0 atom stereocenters. The predicted octanol–water partition coefficient (Wildman–Crippen LogP) is 3.04. The maximum atomic E-state index is 12.4. The van der Waals surface area contributed by atoms with E-state index < -0.39 is 0 Å². The van der Waals surface area contributed by atoms with E-state index in [2.05, 4.69) is 24.0 Å². The Bertz CT molecular complexity index is 766. The quantitative estimate of drug-likeness (QED) is 0.786. The summed E-state index contributed by atoms with van der Waals surface area (Å²) < 4.78 is 10.9. The van der Waals surface area contributed by atoms with Crippen LogP contribution in [0.2, 0.25) is 0 Å². The summed E-state index contributed by atoms with van der Waals surface area (Å²) in [6.45, 7) is 8.34. The van der Waals surface area contributed by atoms with Crippen LogP contribution in [-0.2, 0) is 11.3 Å². The molecule has 0 saturated carbocycles. The van der Waals surface area contributed by atoms with E-state index in [9.17, 15) is 4.79 Å². The lowest BCUT2D eigenvalue weighted by Gasteiger charge is -2.34. The standard InChI is InChI=1S/C22H28N2O3/c1-17-4-7-21(14-18(17)2)27-16-22(25)24-12-10-23(11-13-24)15-19-5-8-20(26-3)9-6-19/h4-9,14H,10-13,15-16H2,1-3H3. The smallest absolute Gasteiger partial charge is 0.260 e. The van der Waals surface area contributed by atoms with Gasteiger partial charge in [-0.05, 0) is 54.8 Å². The van der Waals surface area contributed by atoms with Crippen LogP contribution in [0.25, 0.3) is 0 Å². The van der Waals surface area contributed by atoms with E-state index in [1.54, 1.807) is 7.11 Å². The molecule has 27 heavy (non-hydrogen) atoms. The van der Waals surface area contributed by atoms with Gasteiger partial charge >= 0.3 is 0 Å². The van der Waals surface area contributed by atoms with E-state index in [0.717, 1.165) is 44.2 Å². The van der Waals surface area contributed by atoms with Gasteiger partial charge in [0.15, 0.2) is 6.61 Å². The van der Waals surface area contributed by atoms with Crippen LogP contribution < -0.4 is 9.47 Å². The minimum atomic E-state index is 0.0531. The minimum absolute atomic E-state index is 0.0531. The topological polar surface area (TPSA) is 42.0 Å². The summed E-state index contributed by atoms with van der Waals surface area (Å²) in [4.78, 5) is 16.7. The molecule has 1 aliphatic rings. The van der Waals surface area contributed by atoms with Crippen molar-refractivity contribution in [3.8, 4) is 11.5 Å². The van der Waals surface area contributed by atoms with E-state index in [4.69, 9.17) is 9.47 Å². The lowest BCUT2D eigenvalue weighted by molar-refractivity contribution is -0.135. The lowest BCUT2D eigenvalue weighted by atomic mass is 10.1. The van der Waals surface area contributed by atoms with Crippen LogP contribution >= 0.6 is 0 Å². The maximum Gasteiger partial charge on any atom is 0.260 e. The highest BCUT2D eigenvalue weighted by Gasteiger charge is 2.21. The molecule has 0 aliphatic carbocycles. The zero-order chi connectivity index (χ0) is 19.2. The van der Waals surface area contributed by atoms with Gasteiger partial charge in [-0.3, -0.25) is 9.69 Å². The molecule has 1 heterocycles. The number of nitrogens with zero attached hydrogens (tertiary/aromatic N) is 2. The van der Waals surface area contributed by atoms with Crippen LogP contribution in [0.1, 0.15) is 16.7 Å². The molecule has 0 radical (unpaired) electrons. The van der Waals surface area contributed by atoms with Crippen molar-refractivity contribution < 1.29 is 14.3 Å². The fourth-order valence-corrected chi connectivity index (χ4v) is 3.18. The van der Waals surface area contributed by atoms with Gasteiger partial charge < -0.3 is 14.4 Å². The van der Waals surface area contributed by atoms with Gasteiger partial charge in [-0.2, -0.15) is 0 Å². The molecule has 1 fully saturated rings. The monoisotopic (exact) mass is 368 g/mol. The summed E-state index contributed by atoms with van der Waals surface area (Å²) in [5.41, 5.74) is 3.66. The third kappa shape index (κ3) is 5.23. The van der Waals surface area contributed by atoms with Gasteiger partial charge in [0, 0.05) is 32.7 Å². The third-order valence-electron chi connectivity index (χ3n) is 5.13. The van der Waals surface area contributed by atoms with Crippen molar-refractivity contribution in [2.75, 3.05) is 39.9 Å². The Kier molecular flexibility index (Phi) is 6.35. The number of ether oxygens (including phenoxy) is 2.